The lowest BCUT2D eigenvalue weighted by atomic mass is 10.0. The van der Waals surface area contributed by atoms with Gasteiger partial charge >= 0.3 is 0 Å². The quantitative estimate of drug-likeness (QED) is 0.809. The van der Waals surface area contributed by atoms with Crippen LogP contribution >= 0.6 is 0 Å². The Hall–Kier alpha value is -1.50. The van der Waals surface area contributed by atoms with Crippen LogP contribution in [0.5, 0.6) is 11.5 Å². The van der Waals surface area contributed by atoms with Crippen molar-refractivity contribution in [2.75, 3.05) is 59.1 Å². The fourth-order valence-corrected chi connectivity index (χ4v) is 2.57. The number of rotatable bonds is 6. The smallest absolute Gasteiger partial charge is 0.142 e. The number of hydrogen-bond donors (Lipinski definition) is 2. The molecule has 1 aromatic rings. The van der Waals surface area contributed by atoms with E-state index in [9.17, 15) is 5.11 Å². The Balaban J connectivity index is 2.41. The number of methoxy groups -OCH3 is 2. The minimum absolute atomic E-state index is 0.00703. The standard InChI is InChI=1S/C15H24N2O4/c1-16-12(10-18)11-8-15(20-3)13(9-14(11)19-2)17-4-6-21-7-5-17/h8-9,12,16,18H,4-7,10H2,1-3H3/t12-/m1/s1. The van der Waals surface area contributed by atoms with Crippen molar-refractivity contribution in [3.8, 4) is 11.5 Å². The van der Waals surface area contributed by atoms with Gasteiger partial charge in [0, 0.05) is 24.7 Å². The van der Waals surface area contributed by atoms with E-state index in [1.807, 2.05) is 19.2 Å². The monoisotopic (exact) mass is 296 g/mol. The minimum Gasteiger partial charge on any atom is -0.496 e. The van der Waals surface area contributed by atoms with E-state index in [-0.39, 0.29) is 12.6 Å². The van der Waals surface area contributed by atoms with Gasteiger partial charge in [-0.1, -0.05) is 0 Å². The summed E-state index contributed by atoms with van der Waals surface area (Å²) < 4.78 is 16.4. The fourth-order valence-electron chi connectivity index (χ4n) is 2.57. The Morgan fingerprint density at radius 2 is 1.90 bits per heavy atom. The number of nitrogens with one attached hydrogen (secondary N) is 1. The highest BCUT2D eigenvalue weighted by Gasteiger charge is 2.21. The van der Waals surface area contributed by atoms with Crippen molar-refractivity contribution in [3.05, 3.63) is 17.7 Å². The van der Waals surface area contributed by atoms with Crippen molar-refractivity contribution >= 4 is 5.69 Å². The molecule has 0 bridgehead atoms. The molecule has 2 rings (SSSR count). The van der Waals surface area contributed by atoms with Gasteiger partial charge in [0.25, 0.3) is 0 Å². The summed E-state index contributed by atoms with van der Waals surface area (Å²) in [6.07, 6.45) is 0. The van der Waals surface area contributed by atoms with E-state index in [2.05, 4.69) is 10.2 Å². The normalized spacial score (nSPS) is 16.7. The minimum atomic E-state index is -0.187. The van der Waals surface area contributed by atoms with Crippen molar-refractivity contribution in [3.63, 3.8) is 0 Å². The second kappa shape index (κ2) is 7.49. The first kappa shape index (κ1) is 15.9. The van der Waals surface area contributed by atoms with Gasteiger partial charge in [-0.05, 0) is 13.1 Å². The highest BCUT2D eigenvalue weighted by molar-refractivity contribution is 5.64. The summed E-state index contributed by atoms with van der Waals surface area (Å²) in [5.41, 5.74) is 1.88. The van der Waals surface area contributed by atoms with E-state index >= 15 is 0 Å². The summed E-state index contributed by atoms with van der Waals surface area (Å²) in [4.78, 5) is 2.22. The maximum Gasteiger partial charge on any atom is 0.142 e. The molecule has 1 aliphatic rings. The average Bonchev–Trinajstić information content (AvgIpc) is 2.56. The third-order valence-electron chi connectivity index (χ3n) is 3.79. The number of likely N-dealkylation sites (N-methyl/N-ethyl adjacent to an activating group) is 1. The summed E-state index contributed by atoms with van der Waals surface area (Å²) in [7, 11) is 5.10. The van der Waals surface area contributed by atoms with Crippen LogP contribution in [-0.2, 0) is 4.74 Å². The third kappa shape index (κ3) is 3.40. The van der Waals surface area contributed by atoms with Crippen molar-refractivity contribution in [2.45, 2.75) is 6.04 Å². The van der Waals surface area contributed by atoms with Gasteiger partial charge in [-0.3, -0.25) is 0 Å². The van der Waals surface area contributed by atoms with Crippen LogP contribution in [-0.4, -0.2) is 59.3 Å². The van der Waals surface area contributed by atoms with Gasteiger partial charge in [0.05, 0.1) is 45.8 Å². The Bertz CT molecular complexity index is 457. The number of morpholine rings is 1. The Morgan fingerprint density at radius 1 is 1.24 bits per heavy atom. The maximum absolute atomic E-state index is 9.50. The van der Waals surface area contributed by atoms with Crippen molar-refractivity contribution in [1.29, 1.82) is 0 Å². The van der Waals surface area contributed by atoms with E-state index in [1.165, 1.54) is 0 Å². The molecule has 1 aliphatic heterocycles. The third-order valence-corrected chi connectivity index (χ3v) is 3.79. The van der Waals surface area contributed by atoms with Gasteiger partial charge in [0.15, 0.2) is 0 Å². The van der Waals surface area contributed by atoms with Gasteiger partial charge in [-0.2, -0.15) is 0 Å². The molecule has 0 saturated carbocycles. The highest BCUT2D eigenvalue weighted by atomic mass is 16.5. The molecule has 1 atom stereocenters. The van der Waals surface area contributed by atoms with E-state index < -0.39 is 0 Å². The van der Waals surface area contributed by atoms with Gasteiger partial charge < -0.3 is 29.5 Å². The van der Waals surface area contributed by atoms with Crippen molar-refractivity contribution in [1.82, 2.24) is 5.32 Å². The molecule has 118 valence electrons. The lowest BCUT2D eigenvalue weighted by Gasteiger charge is -2.31. The first-order valence-corrected chi connectivity index (χ1v) is 7.11. The van der Waals surface area contributed by atoms with Gasteiger partial charge in [0.1, 0.15) is 11.5 Å². The number of aliphatic hydroxyl groups excluding tert-OH is 1. The maximum atomic E-state index is 9.50. The highest BCUT2D eigenvalue weighted by Crippen LogP contribution is 2.38. The number of benzene rings is 1. The van der Waals surface area contributed by atoms with Crippen LogP contribution in [0.4, 0.5) is 5.69 Å². The number of nitrogens with zero attached hydrogens (tertiary/aromatic N) is 1. The number of hydrogen-bond acceptors (Lipinski definition) is 6. The van der Waals surface area contributed by atoms with Crippen LogP contribution < -0.4 is 19.7 Å². The fraction of sp³-hybridized carbons (Fsp3) is 0.600. The molecule has 0 amide bonds. The summed E-state index contributed by atoms with van der Waals surface area (Å²) in [6.45, 7) is 3.07. The van der Waals surface area contributed by atoms with Crippen molar-refractivity contribution in [2.24, 2.45) is 0 Å². The van der Waals surface area contributed by atoms with Gasteiger partial charge in [-0.15, -0.1) is 0 Å². The van der Waals surface area contributed by atoms with Gasteiger partial charge in [-0.25, -0.2) is 0 Å². The molecule has 0 unspecified atom stereocenters. The molecule has 1 heterocycles. The molecule has 0 spiro atoms. The second-order valence-electron chi connectivity index (χ2n) is 4.89. The molecule has 0 aliphatic carbocycles. The predicted molar refractivity (Wildman–Crippen MR) is 81.5 cm³/mol. The topological polar surface area (TPSA) is 63.2 Å². The molecule has 6 heteroatoms. The van der Waals surface area contributed by atoms with Crippen LogP contribution in [0.25, 0.3) is 0 Å². The molecule has 0 aromatic heterocycles. The van der Waals surface area contributed by atoms with Gasteiger partial charge in [0.2, 0.25) is 0 Å². The lowest BCUT2D eigenvalue weighted by molar-refractivity contribution is 0.122. The van der Waals surface area contributed by atoms with E-state index in [0.717, 1.165) is 35.8 Å². The first-order valence-electron chi connectivity index (χ1n) is 7.11. The zero-order valence-electron chi connectivity index (χ0n) is 12.9. The largest absolute Gasteiger partial charge is 0.496 e. The molecule has 21 heavy (non-hydrogen) atoms. The molecular formula is C15H24N2O4. The molecule has 0 radical (unpaired) electrons. The van der Waals surface area contributed by atoms with Crippen LogP contribution in [0.2, 0.25) is 0 Å². The number of ether oxygens (including phenoxy) is 3. The summed E-state index contributed by atoms with van der Waals surface area (Å²) in [6, 6.07) is 3.72. The Kier molecular flexibility index (Phi) is 5.67. The molecule has 1 fully saturated rings. The summed E-state index contributed by atoms with van der Waals surface area (Å²) in [5.74, 6) is 1.52. The molecule has 2 N–H and O–H groups in total. The average molecular weight is 296 g/mol. The second-order valence-corrected chi connectivity index (χ2v) is 4.89. The zero-order valence-corrected chi connectivity index (χ0v) is 12.9. The number of anilines is 1. The first-order chi connectivity index (χ1) is 10.2. The zero-order chi connectivity index (χ0) is 15.2. The summed E-state index contributed by atoms with van der Waals surface area (Å²) >= 11 is 0. The number of aliphatic hydroxyl groups is 1. The Labute approximate surface area is 125 Å². The molecule has 6 nitrogen and oxygen atoms in total. The lowest BCUT2D eigenvalue weighted by Crippen LogP contribution is -2.36. The van der Waals surface area contributed by atoms with Crippen LogP contribution in [0.1, 0.15) is 11.6 Å². The Morgan fingerprint density at radius 3 is 2.43 bits per heavy atom. The van der Waals surface area contributed by atoms with Crippen LogP contribution in [0, 0.1) is 0 Å². The van der Waals surface area contributed by atoms with E-state index in [1.54, 1.807) is 14.2 Å². The SMILES string of the molecule is CN[C@H](CO)c1cc(OC)c(N2CCOCC2)cc1OC. The van der Waals surface area contributed by atoms with Crippen molar-refractivity contribution < 1.29 is 19.3 Å². The molecule has 1 saturated heterocycles. The molecular weight excluding hydrogens is 272 g/mol. The van der Waals surface area contributed by atoms with Crippen LogP contribution in [0.3, 0.4) is 0 Å². The van der Waals surface area contributed by atoms with E-state index in [4.69, 9.17) is 14.2 Å². The van der Waals surface area contributed by atoms with E-state index in [0.29, 0.717) is 13.2 Å². The summed E-state index contributed by atoms with van der Waals surface area (Å²) in [5, 5.41) is 12.6. The molecule has 1 aromatic carbocycles. The predicted octanol–water partition coefficient (Wildman–Crippen LogP) is 0.793. The van der Waals surface area contributed by atoms with Crippen LogP contribution in [0.15, 0.2) is 12.1 Å².